The summed E-state index contributed by atoms with van der Waals surface area (Å²) in [5, 5.41) is 3.56. The van der Waals surface area contributed by atoms with Crippen LogP contribution in [0.1, 0.15) is 48.0 Å². The first-order chi connectivity index (χ1) is 7.52. The van der Waals surface area contributed by atoms with Crippen molar-refractivity contribution in [1.82, 2.24) is 10.2 Å². The van der Waals surface area contributed by atoms with Crippen molar-refractivity contribution in [2.24, 2.45) is 11.8 Å². The summed E-state index contributed by atoms with van der Waals surface area (Å²) in [4.78, 5) is 2.59. The predicted molar refractivity (Wildman–Crippen MR) is 73.9 cm³/mol. The Hall–Kier alpha value is -0.0800. The number of nitrogens with zero attached hydrogens (tertiary/aromatic N) is 1. The van der Waals surface area contributed by atoms with E-state index >= 15 is 0 Å². The molecule has 0 rings (SSSR count). The third-order valence-electron chi connectivity index (χ3n) is 3.34. The highest BCUT2D eigenvalue weighted by Gasteiger charge is 2.17. The zero-order valence-corrected chi connectivity index (χ0v) is 12.2. The molecular formula is C14H32N2. The van der Waals surface area contributed by atoms with Gasteiger partial charge in [0.15, 0.2) is 0 Å². The van der Waals surface area contributed by atoms with Gasteiger partial charge in [0.25, 0.3) is 0 Å². The maximum atomic E-state index is 3.56. The molecular weight excluding hydrogens is 196 g/mol. The van der Waals surface area contributed by atoms with Crippen molar-refractivity contribution in [3.05, 3.63) is 0 Å². The third kappa shape index (κ3) is 6.49. The Labute approximate surface area is 103 Å². The van der Waals surface area contributed by atoms with Crippen LogP contribution >= 0.6 is 0 Å². The maximum Gasteiger partial charge on any atom is 0.0104 e. The number of hydrogen-bond acceptors (Lipinski definition) is 2. The minimum Gasteiger partial charge on any atom is -0.316 e. The lowest BCUT2D eigenvalue weighted by Crippen LogP contribution is -2.42. The van der Waals surface area contributed by atoms with Crippen LogP contribution in [0.4, 0.5) is 0 Å². The molecule has 0 spiro atoms. The second kappa shape index (κ2) is 9.00. The monoisotopic (exact) mass is 228 g/mol. The van der Waals surface area contributed by atoms with Gasteiger partial charge in [-0.15, -0.1) is 0 Å². The van der Waals surface area contributed by atoms with Crippen LogP contribution in [0.5, 0.6) is 0 Å². The largest absolute Gasteiger partial charge is 0.316 e. The molecule has 0 aromatic rings. The molecule has 0 aromatic heterocycles. The summed E-state index contributed by atoms with van der Waals surface area (Å²) in [6.45, 7) is 18.4. The Morgan fingerprint density at radius 2 is 1.62 bits per heavy atom. The van der Waals surface area contributed by atoms with Gasteiger partial charge in [-0.3, -0.25) is 0 Å². The predicted octanol–water partition coefficient (Wildman–Crippen LogP) is 2.99. The molecule has 0 heterocycles. The Balaban J connectivity index is 3.90. The highest BCUT2D eigenvalue weighted by Crippen LogP contribution is 2.10. The Morgan fingerprint density at radius 3 is 2.06 bits per heavy atom. The van der Waals surface area contributed by atoms with Gasteiger partial charge in [-0.25, -0.2) is 0 Å². The van der Waals surface area contributed by atoms with Gasteiger partial charge >= 0.3 is 0 Å². The minimum absolute atomic E-state index is 0.685. The van der Waals surface area contributed by atoms with Crippen LogP contribution in [0.25, 0.3) is 0 Å². The average molecular weight is 228 g/mol. The van der Waals surface area contributed by atoms with Crippen molar-refractivity contribution in [2.45, 2.75) is 54.0 Å². The van der Waals surface area contributed by atoms with Gasteiger partial charge in [0, 0.05) is 6.04 Å². The van der Waals surface area contributed by atoms with Crippen molar-refractivity contribution >= 4 is 0 Å². The van der Waals surface area contributed by atoms with Gasteiger partial charge in [0.05, 0.1) is 0 Å². The van der Waals surface area contributed by atoms with Crippen molar-refractivity contribution in [2.75, 3.05) is 26.2 Å². The zero-order chi connectivity index (χ0) is 12.6. The van der Waals surface area contributed by atoms with E-state index in [-0.39, 0.29) is 0 Å². The van der Waals surface area contributed by atoms with E-state index in [1.165, 1.54) is 19.5 Å². The Kier molecular flexibility index (Phi) is 8.96. The van der Waals surface area contributed by atoms with Crippen LogP contribution in [-0.4, -0.2) is 37.1 Å². The second-order valence-corrected chi connectivity index (χ2v) is 5.40. The molecule has 0 saturated carbocycles. The topological polar surface area (TPSA) is 15.3 Å². The summed E-state index contributed by atoms with van der Waals surface area (Å²) in [6, 6.07) is 0.685. The summed E-state index contributed by atoms with van der Waals surface area (Å²) in [7, 11) is 0. The summed E-state index contributed by atoms with van der Waals surface area (Å²) in [6.07, 6.45) is 1.25. The maximum absolute atomic E-state index is 3.56. The van der Waals surface area contributed by atoms with Gasteiger partial charge in [0.1, 0.15) is 0 Å². The van der Waals surface area contributed by atoms with Gasteiger partial charge < -0.3 is 10.2 Å². The first kappa shape index (κ1) is 15.9. The molecule has 0 radical (unpaired) electrons. The SMILES string of the molecule is CCCN(CC)C(C)C(C)CNCC(C)C. The Bertz CT molecular complexity index is 157. The van der Waals surface area contributed by atoms with Crippen LogP contribution in [-0.2, 0) is 0 Å². The molecule has 0 aliphatic carbocycles. The van der Waals surface area contributed by atoms with Crippen LogP contribution in [0.15, 0.2) is 0 Å². The van der Waals surface area contributed by atoms with E-state index in [4.69, 9.17) is 0 Å². The molecule has 1 N–H and O–H groups in total. The molecule has 2 nitrogen and oxygen atoms in total. The summed E-state index contributed by atoms with van der Waals surface area (Å²) in [5.74, 6) is 1.48. The fourth-order valence-corrected chi connectivity index (χ4v) is 2.07. The normalized spacial score (nSPS) is 15.8. The standard InChI is InChI=1S/C14H32N2/c1-7-9-16(8-2)14(6)13(5)11-15-10-12(3)4/h12-15H,7-11H2,1-6H3. The first-order valence-corrected chi connectivity index (χ1v) is 6.97. The molecule has 2 atom stereocenters. The van der Waals surface area contributed by atoms with E-state index in [1.807, 2.05) is 0 Å². The van der Waals surface area contributed by atoms with E-state index in [1.54, 1.807) is 0 Å². The van der Waals surface area contributed by atoms with Crippen molar-refractivity contribution in [3.8, 4) is 0 Å². The lowest BCUT2D eigenvalue weighted by atomic mass is 10.0. The fourth-order valence-electron chi connectivity index (χ4n) is 2.07. The average Bonchev–Trinajstić information content (AvgIpc) is 2.24. The van der Waals surface area contributed by atoms with Crippen LogP contribution in [0.3, 0.4) is 0 Å². The van der Waals surface area contributed by atoms with E-state index in [9.17, 15) is 0 Å². The summed E-state index contributed by atoms with van der Waals surface area (Å²) in [5.41, 5.74) is 0. The zero-order valence-electron chi connectivity index (χ0n) is 12.2. The number of hydrogen-bond donors (Lipinski definition) is 1. The molecule has 16 heavy (non-hydrogen) atoms. The van der Waals surface area contributed by atoms with Crippen LogP contribution in [0.2, 0.25) is 0 Å². The van der Waals surface area contributed by atoms with Gasteiger partial charge in [0.2, 0.25) is 0 Å². The van der Waals surface area contributed by atoms with E-state index in [0.717, 1.165) is 24.9 Å². The van der Waals surface area contributed by atoms with E-state index in [0.29, 0.717) is 6.04 Å². The molecule has 0 aromatic carbocycles. The summed E-state index contributed by atoms with van der Waals surface area (Å²) >= 11 is 0. The lowest BCUT2D eigenvalue weighted by molar-refractivity contribution is 0.167. The molecule has 98 valence electrons. The molecule has 0 amide bonds. The second-order valence-electron chi connectivity index (χ2n) is 5.40. The molecule has 0 aliphatic heterocycles. The molecule has 2 unspecified atom stereocenters. The van der Waals surface area contributed by atoms with Gasteiger partial charge in [-0.2, -0.15) is 0 Å². The van der Waals surface area contributed by atoms with Crippen molar-refractivity contribution < 1.29 is 0 Å². The van der Waals surface area contributed by atoms with Gasteiger partial charge in [-0.1, -0.05) is 34.6 Å². The van der Waals surface area contributed by atoms with Crippen molar-refractivity contribution in [3.63, 3.8) is 0 Å². The minimum atomic E-state index is 0.685. The number of nitrogens with one attached hydrogen (secondary N) is 1. The molecule has 0 bridgehead atoms. The Morgan fingerprint density at radius 1 is 1.00 bits per heavy atom. The number of rotatable bonds is 9. The molecule has 2 heteroatoms. The fraction of sp³-hybridized carbons (Fsp3) is 1.00. The highest BCUT2D eigenvalue weighted by atomic mass is 15.1. The first-order valence-electron chi connectivity index (χ1n) is 6.97. The molecule has 0 aliphatic rings. The quantitative estimate of drug-likeness (QED) is 0.652. The van der Waals surface area contributed by atoms with Gasteiger partial charge in [-0.05, 0) is 51.4 Å². The van der Waals surface area contributed by atoms with Crippen LogP contribution in [0, 0.1) is 11.8 Å². The molecule has 0 fully saturated rings. The van der Waals surface area contributed by atoms with E-state index in [2.05, 4.69) is 51.8 Å². The lowest BCUT2D eigenvalue weighted by Gasteiger charge is -2.32. The smallest absolute Gasteiger partial charge is 0.0104 e. The highest BCUT2D eigenvalue weighted by molar-refractivity contribution is 4.73. The summed E-state index contributed by atoms with van der Waals surface area (Å²) < 4.78 is 0. The molecule has 0 saturated heterocycles. The van der Waals surface area contributed by atoms with E-state index < -0.39 is 0 Å². The van der Waals surface area contributed by atoms with Crippen molar-refractivity contribution in [1.29, 1.82) is 0 Å². The van der Waals surface area contributed by atoms with Crippen LogP contribution < -0.4 is 5.32 Å². The third-order valence-corrected chi connectivity index (χ3v) is 3.34.